The zero-order valence-electron chi connectivity index (χ0n) is 11.2. The fourth-order valence-corrected chi connectivity index (χ4v) is 1.85. The molecule has 0 aliphatic heterocycles. The Morgan fingerprint density at radius 3 is 2.40 bits per heavy atom. The van der Waals surface area contributed by atoms with E-state index < -0.39 is 5.97 Å². The first-order valence-electron chi connectivity index (χ1n) is 6.00. The van der Waals surface area contributed by atoms with Crippen molar-refractivity contribution in [3.8, 4) is 0 Å². The van der Waals surface area contributed by atoms with Crippen LogP contribution in [0.2, 0.25) is 0 Å². The maximum absolute atomic E-state index is 12.4. The van der Waals surface area contributed by atoms with Crippen LogP contribution < -0.4 is 4.90 Å². The van der Waals surface area contributed by atoms with Gasteiger partial charge in [-0.15, -0.1) is 0 Å². The molecule has 2 rings (SSSR count). The second kappa shape index (κ2) is 5.97. The zero-order chi connectivity index (χ0) is 14.5. The third-order valence-electron chi connectivity index (χ3n) is 2.90. The topological polar surface area (TPSA) is 59.5 Å². The molecule has 0 unspecified atom stereocenters. The summed E-state index contributed by atoms with van der Waals surface area (Å²) < 4.78 is 4.73. The van der Waals surface area contributed by atoms with Gasteiger partial charge in [-0.25, -0.2) is 4.79 Å². The molecule has 20 heavy (non-hydrogen) atoms. The largest absolute Gasteiger partial charge is 0.465 e. The number of esters is 1. The van der Waals surface area contributed by atoms with Crippen LogP contribution in [0.1, 0.15) is 20.7 Å². The summed E-state index contributed by atoms with van der Waals surface area (Å²) in [5, 5.41) is 0. The first kappa shape index (κ1) is 13.7. The zero-order valence-corrected chi connectivity index (χ0v) is 11.2. The summed E-state index contributed by atoms with van der Waals surface area (Å²) in [6.07, 6.45) is 3.10. The summed E-state index contributed by atoms with van der Waals surface area (Å²) in [6.45, 7) is 0. The molecule has 0 aliphatic carbocycles. The maximum Gasteiger partial charge on any atom is 0.339 e. The highest BCUT2D eigenvalue weighted by atomic mass is 16.5. The molecule has 0 bridgehead atoms. The van der Waals surface area contributed by atoms with Crippen LogP contribution in [0.5, 0.6) is 0 Å². The van der Waals surface area contributed by atoms with Crippen LogP contribution in [0.3, 0.4) is 0 Å². The predicted molar refractivity (Wildman–Crippen MR) is 74.8 cm³/mol. The lowest BCUT2D eigenvalue weighted by Gasteiger charge is -2.19. The fraction of sp³-hybridized carbons (Fsp3) is 0.133. The quantitative estimate of drug-likeness (QED) is 0.802. The van der Waals surface area contributed by atoms with Gasteiger partial charge in [-0.3, -0.25) is 9.78 Å². The molecule has 2 aromatic rings. The van der Waals surface area contributed by atoms with Crippen molar-refractivity contribution < 1.29 is 14.3 Å². The molecule has 0 atom stereocenters. The molecule has 0 N–H and O–H groups in total. The van der Waals surface area contributed by atoms with Crippen LogP contribution in [-0.2, 0) is 4.74 Å². The highest BCUT2D eigenvalue weighted by Gasteiger charge is 2.19. The minimum absolute atomic E-state index is 0.219. The third kappa shape index (κ3) is 2.66. The van der Waals surface area contributed by atoms with Gasteiger partial charge in [-0.2, -0.15) is 0 Å². The highest BCUT2D eigenvalue weighted by molar-refractivity contribution is 6.09. The van der Waals surface area contributed by atoms with Crippen molar-refractivity contribution in [3.05, 3.63) is 59.9 Å². The van der Waals surface area contributed by atoms with E-state index in [0.29, 0.717) is 16.8 Å². The number of hydrogen-bond donors (Lipinski definition) is 0. The van der Waals surface area contributed by atoms with Crippen LogP contribution >= 0.6 is 0 Å². The summed E-state index contributed by atoms with van der Waals surface area (Å²) in [7, 11) is 2.92. The summed E-state index contributed by atoms with van der Waals surface area (Å²) in [4.78, 5) is 29.4. The number of nitrogens with zero attached hydrogens (tertiary/aromatic N) is 2. The van der Waals surface area contributed by atoms with Crippen molar-refractivity contribution >= 4 is 17.6 Å². The van der Waals surface area contributed by atoms with Crippen LogP contribution in [0.15, 0.2) is 48.8 Å². The number of carbonyl (C=O) groups is 2. The second-order valence-corrected chi connectivity index (χ2v) is 4.11. The molecule has 0 aliphatic rings. The lowest BCUT2D eigenvalue weighted by Crippen LogP contribution is -2.28. The van der Waals surface area contributed by atoms with Gasteiger partial charge >= 0.3 is 5.97 Å². The Morgan fingerprint density at radius 2 is 1.75 bits per heavy atom. The van der Waals surface area contributed by atoms with E-state index >= 15 is 0 Å². The van der Waals surface area contributed by atoms with Crippen molar-refractivity contribution in [2.45, 2.75) is 0 Å². The molecule has 102 valence electrons. The molecule has 5 heteroatoms. The van der Waals surface area contributed by atoms with E-state index in [1.807, 2.05) is 0 Å². The van der Waals surface area contributed by atoms with Crippen molar-refractivity contribution in [3.63, 3.8) is 0 Å². The standard InChI is InChI=1S/C15H14N2O3/c1-17(14(18)11-7-9-16-10-8-11)13-6-4-3-5-12(13)15(19)20-2/h3-10H,1-2H3. The summed E-state index contributed by atoms with van der Waals surface area (Å²) in [5.41, 5.74) is 1.35. The van der Waals surface area contributed by atoms with E-state index in [-0.39, 0.29) is 5.91 Å². The Bertz CT molecular complexity index is 626. The van der Waals surface area contributed by atoms with Crippen LogP contribution in [0, 0.1) is 0 Å². The second-order valence-electron chi connectivity index (χ2n) is 4.11. The molecular formula is C15H14N2O3. The van der Waals surface area contributed by atoms with E-state index in [4.69, 9.17) is 4.74 Å². The number of para-hydroxylation sites is 1. The van der Waals surface area contributed by atoms with Crippen molar-refractivity contribution in [1.29, 1.82) is 0 Å². The summed E-state index contributed by atoms with van der Waals surface area (Å²) in [5.74, 6) is -0.696. The van der Waals surface area contributed by atoms with Gasteiger partial charge in [-0.1, -0.05) is 12.1 Å². The Kier molecular flexibility index (Phi) is 4.10. The van der Waals surface area contributed by atoms with Gasteiger partial charge in [0.25, 0.3) is 5.91 Å². The average Bonchev–Trinajstić information content (AvgIpc) is 2.53. The fourth-order valence-electron chi connectivity index (χ4n) is 1.85. The Labute approximate surface area is 116 Å². The SMILES string of the molecule is COC(=O)c1ccccc1N(C)C(=O)c1ccncc1. The minimum Gasteiger partial charge on any atom is -0.465 e. The smallest absolute Gasteiger partial charge is 0.339 e. The lowest BCUT2D eigenvalue weighted by molar-refractivity contribution is 0.0601. The summed E-state index contributed by atoms with van der Waals surface area (Å²) >= 11 is 0. The Morgan fingerprint density at radius 1 is 1.10 bits per heavy atom. The lowest BCUT2D eigenvalue weighted by atomic mass is 10.1. The van der Waals surface area contributed by atoms with Gasteiger partial charge in [0.1, 0.15) is 0 Å². The molecule has 1 aromatic heterocycles. The van der Waals surface area contributed by atoms with Gasteiger partial charge in [0.2, 0.25) is 0 Å². The van der Waals surface area contributed by atoms with Crippen molar-refractivity contribution in [1.82, 2.24) is 4.98 Å². The van der Waals surface area contributed by atoms with Gasteiger partial charge < -0.3 is 9.64 Å². The number of aromatic nitrogens is 1. The number of carbonyl (C=O) groups excluding carboxylic acids is 2. The van der Waals surface area contributed by atoms with Crippen LogP contribution in [-0.4, -0.2) is 31.0 Å². The number of methoxy groups -OCH3 is 1. The number of ether oxygens (including phenoxy) is 1. The number of amides is 1. The first-order chi connectivity index (χ1) is 9.65. The minimum atomic E-state index is -0.477. The normalized spacial score (nSPS) is 9.90. The van der Waals surface area contributed by atoms with Crippen molar-refractivity contribution in [2.75, 3.05) is 19.1 Å². The molecule has 5 nitrogen and oxygen atoms in total. The molecule has 1 aromatic carbocycles. The molecule has 0 radical (unpaired) electrons. The number of rotatable bonds is 3. The third-order valence-corrected chi connectivity index (χ3v) is 2.90. The molecule has 0 saturated heterocycles. The van der Waals surface area contributed by atoms with Gasteiger partial charge in [0, 0.05) is 25.0 Å². The number of hydrogen-bond acceptors (Lipinski definition) is 4. The molecule has 1 amide bonds. The molecule has 0 fully saturated rings. The highest BCUT2D eigenvalue weighted by Crippen LogP contribution is 2.21. The van der Waals surface area contributed by atoms with E-state index in [0.717, 1.165) is 0 Å². The van der Waals surface area contributed by atoms with Crippen molar-refractivity contribution in [2.24, 2.45) is 0 Å². The van der Waals surface area contributed by atoms with E-state index in [1.54, 1.807) is 55.8 Å². The monoisotopic (exact) mass is 270 g/mol. The predicted octanol–water partition coefficient (Wildman–Crippen LogP) is 2.14. The molecular weight excluding hydrogens is 256 g/mol. The number of benzene rings is 1. The van der Waals surface area contributed by atoms with Gasteiger partial charge in [0.15, 0.2) is 0 Å². The first-order valence-corrected chi connectivity index (χ1v) is 6.00. The van der Waals surface area contributed by atoms with Gasteiger partial charge in [-0.05, 0) is 24.3 Å². The maximum atomic E-state index is 12.4. The Hall–Kier alpha value is -2.69. The van der Waals surface area contributed by atoms with Gasteiger partial charge in [0.05, 0.1) is 18.4 Å². The van der Waals surface area contributed by atoms with Crippen LogP contribution in [0.4, 0.5) is 5.69 Å². The van der Waals surface area contributed by atoms with Crippen LogP contribution in [0.25, 0.3) is 0 Å². The van der Waals surface area contributed by atoms with E-state index in [9.17, 15) is 9.59 Å². The molecule has 1 heterocycles. The Balaban J connectivity index is 2.37. The summed E-state index contributed by atoms with van der Waals surface area (Å²) in [6, 6.07) is 10.1. The molecule has 0 spiro atoms. The van der Waals surface area contributed by atoms with E-state index in [1.165, 1.54) is 12.0 Å². The average molecular weight is 270 g/mol. The number of pyridine rings is 1. The number of anilines is 1. The van der Waals surface area contributed by atoms with E-state index in [2.05, 4.69) is 4.98 Å². The molecule has 0 saturated carbocycles.